The van der Waals surface area contributed by atoms with Gasteiger partial charge in [-0.3, -0.25) is 4.79 Å². The summed E-state index contributed by atoms with van der Waals surface area (Å²) >= 11 is 0. The third-order valence-corrected chi connectivity index (χ3v) is 3.74. The van der Waals surface area contributed by atoms with E-state index in [-0.39, 0.29) is 18.1 Å². The summed E-state index contributed by atoms with van der Waals surface area (Å²) in [5.74, 6) is 0.695. The molecule has 2 atom stereocenters. The number of rotatable bonds is 6. The van der Waals surface area contributed by atoms with Crippen molar-refractivity contribution < 1.29 is 9.53 Å². The molecule has 0 bridgehead atoms. The normalized spacial score (nSPS) is 19.3. The Morgan fingerprint density at radius 1 is 1.48 bits per heavy atom. The summed E-state index contributed by atoms with van der Waals surface area (Å²) in [5, 5.41) is 6.21. The van der Waals surface area contributed by atoms with E-state index in [2.05, 4.69) is 15.6 Å². The highest BCUT2D eigenvalue weighted by atomic mass is 16.5. The van der Waals surface area contributed by atoms with Gasteiger partial charge in [-0.15, -0.1) is 0 Å². The number of amides is 1. The Balaban J connectivity index is 2.08. The number of pyridine rings is 1. The summed E-state index contributed by atoms with van der Waals surface area (Å²) in [7, 11) is 0. The van der Waals surface area contributed by atoms with E-state index in [0.29, 0.717) is 5.56 Å². The van der Waals surface area contributed by atoms with Gasteiger partial charge in [-0.05, 0) is 45.2 Å². The van der Waals surface area contributed by atoms with Gasteiger partial charge in [0, 0.05) is 24.4 Å². The van der Waals surface area contributed by atoms with Crippen molar-refractivity contribution >= 4 is 11.7 Å². The topological polar surface area (TPSA) is 63.2 Å². The van der Waals surface area contributed by atoms with E-state index in [1.807, 2.05) is 26.8 Å². The Bertz CT molecular complexity index is 484. The Morgan fingerprint density at radius 3 is 2.90 bits per heavy atom. The zero-order valence-corrected chi connectivity index (χ0v) is 13.1. The Labute approximate surface area is 126 Å². The van der Waals surface area contributed by atoms with Gasteiger partial charge in [0.2, 0.25) is 0 Å². The van der Waals surface area contributed by atoms with Crippen LogP contribution in [0.4, 0.5) is 5.82 Å². The third-order valence-electron chi connectivity index (χ3n) is 3.74. The molecule has 2 N–H and O–H groups in total. The maximum atomic E-state index is 12.4. The van der Waals surface area contributed by atoms with Crippen LogP contribution in [0.5, 0.6) is 0 Å². The maximum Gasteiger partial charge on any atom is 0.251 e. The van der Waals surface area contributed by atoms with E-state index >= 15 is 0 Å². The summed E-state index contributed by atoms with van der Waals surface area (Å²) < 4.78 is 5.62. The average Bonchev–Trinajstić information content (AvgIpc) is 3.01. The van der Waals surface area contributed by atoms with E-state index < -0.39 is 0 Å². The minimum absolute atomic E-state index is 0.0285. The fourth-order valence-electron chi connectivity index (χ4n) is 2.55. The summed E-state index contributed by atoms with van der Waals surface area (Å²) in [6.07, 6.45) is 3.03. The molecule has 21 heavy (non-hydrogen) atoms. The number of carbonyl (C=O) groups is 1. The number of aryl methyl sites for hydroxylation is 1. The van der Waals surface area contributed by atoms with Crippen LogP contribution in [0.25, 0.3) is 0 Å². The Morgan fingerprint density at radius 2 is 2.29 bits per heavy atom. The minimum atomic E-state index is -0.0609. The first-order chi connectivity index (χ1) is 10.1. The number of anilines is 1. The first-order valence-electron chi connectivity index (χ1n) is 7.81. The molecule has 1 amide bonds. The molecule has 5 heteroatoms. The highest BCUT2D eigenvalue weighted by molar-refractivity contribution is 5.95. The molecule has 116 valence electrons. The van der Waals surface area contributed by atoms with Crippen LogP contribution >= 0.6 is 0 Å². The molecule has 2 unspecified atom stereocenters. The van der Waals surface area contributed by atoms with Gasteiger partial charge in [-0.25, -0.2) is 4.98 Å². The lowest BCUT2D eigenvalue weighted by atomic mass is 10.1. The van der Waals surface area contributed by atoms with Crippen molar-refractivity contribution in [3.8, 4) is 0 Å². The second-order valence-electron chi connectivity index (χ2n) is 5.43. The predicted molar refractivity (Wildman–Crippen MR) is 83.7 cm³/mol. The molecule has 0 spiro atoms. The van der Waals surface area contributed by atoms with Crippen LogP contribution in [-0.4, -0.2) is 36.2 Å². The van der Waals surface area contributed by atoms with E-state index in [1.165, 1.54) is 0 Å². The van der Waals surface area contributed by atoms with Gasteiger partial charge >= 0.3 is 0 Å². The Kier molecular flexibility index (Phi) is 5.56. The third kappa shape index (κ3) is 4.17. The van der Waals surface area contributed by atoms with Crippen LogP contribution in [0.15, 0.2) is 12.1 Å². The average molecular weight is 291 g/mol. The first kappa shape index (κ1) is 15.8. The van der Waals surface area contributed by atoms with E-state index in [0.717, 1.165) is 43.9 Å². The van der Waals surface area contributed by atoms with Crippen molar-refractivity contribution in [2.45, 2.75) is 52.2 Å². The smallest absolute Gasteiger partial charge is 0.251 e. The van der Waals surface area contributed by atoms with Crippen LogP contribution < -0.4 is 10.6 Å². The Hall–Kier alpha value is -1.62. The fourth-order valence-corrected chi connectivity index (χ4v) is 2.55. The van der Waals surface area contributed by atoms with Crippen LogP contribution in [0.3, 0.4) is 0 Å². The van der Waals surface area contributed by atoms with Crippen molar-refractivity contribution in [1.82, 2.24) is 10.3 Å². The predicted octanol–water partition coefficient (Wildman–Crippen LogP) is 2.37. The number of ether oxygens (including phenoxy) is 1. The first-order valence-corrected chi connectivity index (χ1v) is 7.81. The molecule has 1 aliphatic heterocycles. The van der Waals surface area contributed by atoms with Gasteiger partial charge in [0.1, 0.15) is 5.82 Å². The zero-order chi connectivity index (χ0) is 15.2. The lowest BCUT2D eigenvalue weighted by Gasteiger charge is -2.20. The lowest BCUT2D eigenvalue weighted by Crippen LogP contribution is -2.40. The molecule has 0 aromatic carbocycles. The van der Waals surface area contributed by atoms with Gasteiger partial charge in [0.05, 0.1) is 12.1 Å². The zero-order valence-electron chi connectivity index (χ0n) is 13.1. The second kappa shape index (κ2) is 7.41. The van der Waals surface area contributed by atoms with Crippen LogP contribution in [0.2, 0.25) is 0 Å². The van der Waals surface area contributed by atoms with E-state index in [1.54, 1.807) is 6.07 Å². The van der Waals surface area contributed by atoms with Crippen LogP contribution in [-0.2, 0) is 11.2 Å². The summed E-state index contributed by atoms with van der Waals surface area (Å²) in [6.45, 7) is 7.63. The van der Waals surface area contributed by atoms with Crippen LogP contribution in [0, 0.1) is 0 Å². The largest absolute Gasteiger partial charge is 0.376 e. The molecule has 2 heterocycles. The quantitative estimate of drug-likeness (QED) is 0.844. The molecule has 0 saturated carbocycles. The highest BCUT2D eigenvalue weighted by Gasteiger charge is 2.24. The van der Waals surface area contributed by atoms with Crippen molar-refractivity contribution in [2.24, 2.45) is 0 Å². The molecule has 1 aliphatic rings. The van der Waals surface area contributed by atoms with Crippen LogP contribution in [0.1, 0.15) is 49.7 Å². The maximum absolute atomic E-state index is 12.4. The van der Waals surface area contributed by atoms with Gasteiger partial charge in [-0.1, -0.05) is 6.92 Å². The number of hydrogen-bond donors (Lipinski definition) is 2. The van der Waals surface area contributed by atoms with E-state index in [4.69, 9.17) is 4.74 Å². The van der Waals surface area contributed by atoms with Gasteiger partial charge in [0.25, 0.3) is 5.91 Å². The molecule has 0 aliphatic carbocycles. The number of carbonyl (C=O) groups excluding carboxylic acids is 1. The molecule has 5 nitrogen and oxygen atoms in total. The fraction of sp³-hybridized carbons (Fsp3) is 0.625. The minimum Gasteiger partial charge on any atom is -0.376 e. The molecule has 1 fully saturated rings. The van der Waals surface area contributed by atoms with E-state index in [9.17, 15) is 4.79 Å². The number of aromatic nitrogens is 1. The highest BCUT2D eigenvalue weighted by Crippen LogP contribution is 2.16. The van der Waals surface area contributed by atoms with Crippen molar-refractivity contribution in [2.75, 3.05) is 18.5 Å². The summed E-state index contributed by atoms with van der Waals surface area (Å²) in [6, 6.07) is 3.69. The number of nitrogens with one attached hydrogen (secondary N) is 2. The van der Waals surface area contributed by atoms with Gasteiger partial charge in [-0.2, -0.15) is 0 Å². The van der Waals surface area contributed by atoms with Crippen molar-refractivity contribution in [3.05, 3.63) is 23.4 Å². The van der Waals surface area contributed by atoms with Gasteiger partial charge < -0.3 is 15.4 Å². The van der Waals surface area contributed by atoms with Gasteiger partial charge in [0.15, 0.2) is 0 Å². The monoisotopic (exact) mass is 291 g/mol. The standard InChI is InChI=1S/C16H25N3O2/c1-4-13-9-12(10-15(19-13)17-5-2)16(20)18-11(3)14-7-6-8-21-14/h9-11,14H,4-8H2,1-3H3,(H,17,19)(H,18,20). The molecular weight excluding hydrogens is 266 g/mol. The molecule has 1 aromatic heterocycles. The summed E-state index contributed by atoms with van der Waals surface area (Å²) in [4.78, 5) is 16.9. The SMILES string of the molecule is CCNc1cc(C(=O)NC(C)C2CCCO2)cc(CC)n1. The molecular formula is C16H25N3O2. The molecule has 2 rings (SSSR count). The summed E-state index contributed by atoms with van der Waals surface area (Å²) in [5.41, 5.74) is 1.58. The molecule has 1 aromatic rings. The number of hydrogen-bond acceptors (Lipinski definition) is 4. The van der Waals surface area contributed by atoms with Crippen molar-refractivity contribution in [1.29, 1.82) is 0 Å². The lowest BCUT2D eigenvalue weighted by molar-refractivity contribution is 0.0712. The molecule has 0 radical (unpaired) electrons. The molecule has 1 saturated heterocycles. The number of nitrogens with zero attached hydrogens (tertiary/aromatic N) is 1. The second-order valence-corrected chi connectivity index (χ2v) is 5.43. The van der Waals surface area contributed by atoms with Crippen molar-refractivity contribution in [3.63, 3.8) is 0 Å².